The average molecular weight is 311 g/mol. The average Bonchev–Trinajstić information content (AvgIpc) is 3.02. The monoisotopic (exact) mass is 311 g/mol. The zero-order chi connectivity index (χ0) is 14.7. The zero-order valence-electron chi connectivity index (χ0n) is 11.3. The summed E-state index contributed by atoms with van der Waals surface area (Å²) >= 11 is 1.50. The molecule has 4 nitrogen and oxygen atoms in total. The fourth-order valence-corrected chi connectivity index (χ4v) is 2.97. The first-order chi connectivity index (χ1) is 10.2. The Bertz CT molecular complexity index is 586. The van der Waals surface area contributed by atoms with Crippen LogP contribution in [-0.4, -0.2) is 35.9 Å². The summed E-state index contributed by atoms with van der Waals surface area (Å²) in [5.74, 6) is -1.14. The van der Waals surface area contributed by atoms with Crippen LogP contribution in [0, 0.1) is 11.6 Å². The molecule has 0 aromatic heterocycles. The Morgan fingerprint density at radius 1 is 1.38 bits per heavy atom. The lowest BCUT2D eigenvalue weighted by Crippen LogP contribution is -2.26. The first-order valence-electron chi connectivity index (χ1n) is 6.79. The topological polar surface area (TPSA) is 46.0 Å². The molecule has 0 bridgehead atoms. The summed E-state index contributed by atoms with van der Waals surface area (Å²) in [5.41, 5.74) is 4.11. The zero-order valence-corrected chi connectivity index (χ0v) is 12.1. The number of rotatable bonds is 3. The predicted octanol–water partition coefficient (Wildman–Crippen LogP) is 2.54. The van der Waals surface area contributed by atoms with Crippen molar-refractivity contribution in [2.24, 2.45) is 10.1 Å². The van der Waals surface area contributed by atoms with E-state index in [0.717, 1.165) is 36.7 Å². The first kappa shape index (κ1) is 14.5. The third-order valence-corrected chi connectivity index (χ3v) is 4.26. The summed E-state index contributed by atoms with van der Waals surface area (Å²) in [6, 6.07) is 3.79. The van der Waals surface area contributed by atoms with Gasteiger partial charge in [0.25, 0.3) is 0 Å². The molecule has 1 aromatic carbocycles. The molecule has 3 rings (SSSR count). The molecule has 112 valence electrons. The van der Waals surface area contributed by atoms with Crippen LogP contribution >= 0.6 is 11.8 Å². The number of ether oxygens (including phenoxy) is 1. The van der Waals surface area contributed by atoms with Crippen molar-refractivity contribution in [3.8, 4) is 0 Å². The van der Waals surface area contributed by atoms with Gasteiger partial charge in [0.15, 0.2) is 16.8 Å². The van der Waals surface area contributed by atoms with Crippen LogP contribution < -0.4 is 5.43 Å². The van der Waals surface area contributed by atoms with Gasteiger partial charge in [0.1, 0.15) is 0 Å². The van der Waals surface area contributed by atoms with Gasteiger partial charge in [-0.1, -0.05) is 11.8 Å². The number of aliphatic imine (C=N–C) groups is 1. The quantitative estimate of drug-likeness (QED) is 0.933. The molecule has 0 spiro atoms. The summed E-state index contributed by atoms with van der Waals surface area (Å²) in [7, 11) is 0. The van der Waals surface area contributed by atoms with Crippen LogP contribution in [0.4, 0.5) is 8.78 Å². The van der Waals surface area contributed by atoms with E-state index in [1.807, 2.05) is 0 Å². The molecule has 0 saturated carbocycles. The van der Waals surface area contributed by atoms with E-state index < -0.39 is 11.6 Å². The number of halogens is 2. The fourth-order valence-electron chi connectivity index (χ4n) is 2.19. The second kappa shape index (κ2) is 6.53. The minimum atomic E-state index is -0.863. The SMILES string of the molecule is Fc1ccc(C2=NNC(=NC[C@H]3CCCO3)SC2)cc1F. The highest BCUT2D eigenvalue weighted by Crippen LogP contribution is 2.17. The molecule has 0 radical (unpaired) electrons. The van der Waals surface area contributed by atoms with E-state index in [4.69, 9.17) is 4.74 Å². The molecule has 1 saturated heterocycles. The third-order valence-electron chi connectivity index (χ3n) is 3.35. The van der Waals surface area contributed by atoms with Gasteiger partial charge in [-0.2, -0.15) is 5.10 Å². The van der Waals surface area contributed by atoms with Crippen molar-refractivity contribution in [1.82, 2.24) is 5.43 Å². The van der Waals surface area contributed by atoms with Crippen LogP contribution in [0.5, 0.6) is 0 Å². The largest absolute Gasteiger partial charge is 0.376 e. The first-order valence-corrected chi connectivity index (χ1v) is 7.78. The number of nitrogens with one attached hydrogen (secondary N) is 1. The van der Waals surface area contributed by atoms with Crippen molar-refractivity contribution in [3.05, 3.63) is 35.4 Å². The van der Waals surface area contributed by atoms with E-state index in [-0.39, 0.29) is 6.10 Å². The van der Waals surface area contributed by atoms with E-state index in [0.29, 0.717) is 23.6 Å². The Morgan fingerprint density at radius 3 is 2.95 bits per heavy atom. The summed E-state index contributed by atoms with van der Waals surface area (Å²) in [4.78, 5) is 4.43. The lowest BCUT2D eigenvalue weighted by Gasteiger charge is -2.15. The molecule has 1 fully saturated rings. The molecule has 2 heterocycles. The molecular weight excluding hydrogens is 296 g/mol. The molecule has 7 heteroatoms. The smallest absolute Gasteiger partial charge is 0.177 e. The fraction of sp³-hybridized carbons (Fsp3) is 0.429. The summed E-state index contributed by atoms with van der Waals surface area (Å²) in [6.07, 6.45) is 2.34. The molecule has 0 aliphatic carbocycles. The highest BCUT2D eigenvalue weighted by Gasteiger charge is 2.17. The maximum absolute atomic E-state index is 13.2. The minimum Gasteiger partial charge on any atom is -0.376 e. The summed E-state index contributed by atoms with van der Waals surface area (Å²) in [5, 5.41) is 4.92. The molecular formula is C14H15F2N3OS. The van der Waals surface area contributed by atoms with Crippen LogP contribution in [0.2, 0.25) is 0 Å². The molecule has 1 atom stereocenters. The number of benzene rings is 1. The number of hydrogen-bond acceptors (Lipinski definition) is 4. The standard InChI is InChI=1S/C14H15F2N3OS/c15-11-4-3-9(6-12(11)16)13-8-21-14(19-18-13)17-7-10-2-1-5-20-10/h3-4,6,10H,1-2,5,7-8H2,(H,17,19)/t10-/m1/s1. The van der Waals surface area contributed by atoms with Crippen LogP contribution in [0.3, 0.4) is 0 Å². The van der Waals surface area contributed by atoms with Crippen molar-refractivity contribution in [2.75, 3.05) is 18.9 Å². The molecule has 1 N–H and O–H groups in total. The second-order valence-corrected chi connectivity index (χ2v) is 5.83. The molecule has 1 aromatic rings. The van der Waals surface area contributed by atoms with Gasteiger partial charge in [0, 0.05) is 17.9 Å². The van der Waals surface area contributed by atoms with Gasteiger partial charge in [-0.25, -0.2) is 8.78 Å². The van der Waals surface area contributed by atoms with Gasteiger partial charge in [0.05, 0.1) is 18.4 Å². The Kier molecular flexibility index (Phi) is 4.50. The maximum Gasteiger partial charge on any atom is 0.177 e. The Hall–Kier alpha value is -1.47. The van der Waals surface area contributed by atoms with Gasteiger partial charge in [-0.15, -0.1) is 0 Å². The van der Waals surface area contributed by atoms with Crippen molar-refractivity contribution in [3.63, 3.8) is 0 Å². The van der Waals surface area contributed by atoms with Crippen molar-refractivity contribution >= 4 is 22.6 Å². The van der Waals surface area contributed by atoms with Crippen LogP contribution in [0.15, 0.2) is 28.3 Å². The molecule has 2 aliphatic rings. The van der Waals surface area contributed by atoms with Crippen LogP contribution in [0.1, 0.15) is 18.4 Å². The highest BCUT2D eigenvalue weighted by atomic mass is 32.2. The second-order valence-electron chi connectivity index (χ2n) is 4.87. The number of hydrazone groups is 1. The molecule has 0 unspecified atom stereocenters. The number of hydrogen-bond donors (Lipinski definition) is 1. The third kappa shape index (κ3) is 3.59. The van der Waals surface area contributed by atoms with E-state index >= 15 is 0 Å². The van der Waals surface area contributed by atoms with Gasteiger partial charge in [-0.05, 0) is 31.0 Å². The van der Waals surface area contributed by atoms with E-state index in [2.05, 4.69) is 15.5 Å². The van der Waals surface area contributed by atoms with E-state index in [1.54, 1.807) is 0 Å². The van der Waals surface area contributed by atoms with Gasteiger partial charge >= 0.3 is 0 Å². The Balaban J connectivity index is 1.63. The lowest BCUT2D eigenvalue weighted by molar-refractivity contribution is 0.118. The summed E-state index contributed by atoms with van der Waals surface area (Å²) in [6.45, 7) is 1.44. The molecule has 2 aliphatic heterocycles. The van der Waals surface area contributed by atoms with Crippen molar-refractivity contribution in [1.29, 1.82) is 0 Å². The number of nitrogens with zero attached hydrogens (tertiary/aromatic N) is 2. The van der Waals surface area contributed by atoms with Crippen molar-refractivity contribution < 1.29 is 13.5 Å². The Labute approximate surface area is 125 Å². The minimum absolute atomic E-state index is 0.205. The lowest BCUT2D eigenvalue weighted by atomic mass is 10.1. The van der Waals surface area contributed by atoms with Gasteiger partial charge in [-0.3, -0.25) is 10.4 Å². The highest BCUT2D eigenvalue weighted by molar-refractivity contribution is 8.14. The number of amidine groups is 1. The number of thioether (sulfide) groups is 1. The van der Waals surface area contributed by atoms with E-state index in [9.17, 15) is 8.78 Å². The molecule has 21 heavy (non-hydrogen) atoms. The van der Waals surface area contributed by atoms with Gasteiger partial charge < -0.3 is 4.74 Å². The molecule has 0 amide bonds. The normalized spacial score (nSPS) is 24.0. The predicted molar refractivity (Wildman–Crippen MR) is 79.8 cm³/mol. The van der Waals surface area contributed by atoms with Gasteiger partial charge in [0.2, 0.25) is 0 Å². The Morgan fingerprint density at radius 2 is 2.29 bits per heavy atom. The maximum atomic E-state index is 13.2. The summed E-state index contributed by atoms with van der Waals surface area (Å²) < 4.78 is 31.6. The van der Waals surface area contributed by atoms with E-state index in [1.165, 1.54) is 17.8 Å². The van der Waals surface area contributed by atoms with Crippen LogP contribution in [0.25, 0.3) is 0 Å². The van der Waals surface area contributed by atoms with Crippen molar-refractivity contribution in [2.45, 2.75) is 18.9 Å². The van der Waals surface area contributed by atoms with Crippen LogP contribution in [-0.2, 0) is 4.74 Å².